The molecule has 1 N–H and O–H groups in total. The Hall–Kier alpha value is -3.15. The first-order chi connectivity index (χ1) is 16.7. The van der Waals surface area contributed by atoms with Gasteiger partial charge in [-0.05, 0) is 47.4 Å². The van der Waals surface area contributed by atoms with Crippen molar-refractivity contribution in [3.63, 3.8) is 0 Å². The van der Waals surface area contributed by atoms with E-state index in [4.69, 9.17) is 9.47 Å². The van der Waals surface area contributed by atoms with Crippen molar-refractivity contribution in [3.05, 3.63) is 59.7 Å². The molecule has 1 amide bonds. The third-order valence-electron chi connectivity index (χ3n) is 6.50. The molecule has 188 valence electrons. The zero-order chi connectivity index (χ0) is 25.5. The number of benzene rings is 2. The van der Waals surface area contributed by atoms with Crippen LogP contribution in [0.3, 0.4) is 0 Å². The van der Waals surface area contributed by atoms with Crippen LogP contribution in [0, 0.1) is 17.8 Å². The van der Waals surface area contributed by atoms with Crippen LogP contribution < -0.4 is 5.32 Å². The highest BCUT2D eigenvalue weighted by molar-refractivity contribution is 5.88. The van der Waals surface area contributed by atoms with Gasteiger partial charge in [0.25, 0.3) is 0 Å². The summed E-state index contributed by atoms with van der Waals surface area (Å²) in [5.41, 5.74) is 4.62. The van der Waals surface area contributed by atoms with Crippen molar-refractivity contribution in [2.24, 2.45) is 17.8 Å². The van der Waals surface area contributed by atoms with E-state index in [9.17, 15) is 14.4 Å². The highest BCUT2D eigenvalue weighted by Gasteiger charge is 2.32. The second kappa shape index (κ2) is 12.0. The van der Waals surface area contributed by atoms with Crippen molar-refractivity contribution in [2.45, 2.75) is 59.4 Å². The molecule has 0 heterocycles. The molecule has 1 aliphatic rings. The standard InChI is InChI=1S/C29H37NO5/c1-6-34-29(33)26(15-18(2)3)30-28(32)24(19(4)5)16-27(31)35-17-25-22-13-9-7-11-20(22)21-12-8-10-14-23(21)25/h7-14,18-19,24-26H,6,15-17H2,1-5H3,(H,30,32)/t24-,26-/m1/s1. The summed E-state index contributed by atoms with van der Waals surface area (Å²) >= 11 is 0. The van der Waals surface area contributed by atoms with Crippen LogP contribution >= 0.6 is 0 Å². The molecule has 0 saturated carbocycles. The van der Waals surface area contributed by atoms with Gasteiger partial charge in [0, 0.05) is 5.92 Å². The molecule has 0 spiro atoms. The summed E-state index contributed by atoms with van der Waals surface area (Å²) in [5.74, 6) is -1.73. The van der Waals surface area contributed by atoms with Gasteiger partial charge in [-0.2, -0.15) is 0 Å². The van der Waals surface area contributed by atoms with Gasteiger partial charge in [-0.1, -0.05) is 76.2 Å². The summed E-state index contributed by atoms with van der Waals surface area (Å²) in [4.78, 5) is 38.3. The average molecular weight is 480 g/mol. The van der Waals surface area contributed by atoms with Crippen LogP contribution in [-0.2, 0) is 23.9 Å². The summed E-state index contributed by atoms with van der Waals surface area (Å²) in [6.07, 6.45) is 0.428. The first-order valence-corrected chi connectivity index (χ1v) is 12.5. The number of carbonyl (C=O) groups is 3. The lowest BCUT2D eigenvalue weighted by Gasteiger charge is -2.24. The summed E-state index contributed by atoms with van der Waals surface area (Å²) in [6.45, 7) is 9.95. The molecule has 35 heavy (non-hydrogen) atoms. The Morgan fingerprint density at radius 1 is 0.886 bits per heavy atom. The SMILES string of the molecule is CCOC(=O)[C@@H](CC(C)C)NC(=O)[C@H](CC(=O)OCC1c2ccccc2-c2ccccc21)C(C)C. The van der Waals surface area contributed by atoms with Gasteiger partial charge in [-0.15, -0.1) is 0 Å². The summed E-state index contributed by atoms with van der Waals surface area (Å²) in [7, 11) is 0. The Bertz CT molecular complexity index is 999. The molecule has 2 atom stereocenters. The smallest absolute Gasteiger partial charge is 0.328 e. The van der Waals surface area contributed by atoms with Crippen molar-refractivity contribution < 1.29 is 23.9 Å². The molecule has 0 aromatic heterocycles. The summed E-state index contributed by atoms with van der Waals surface area (Å²) < 4.78 is 10.9. The van der Waals surface area contributed by atoms with Gasteiger partial charge in [0.15, 0.2) is 0 Å². The van der Waals surface area contributed by atoms with Crippen LogP contribution in [0.25, 0.3) is 11.1 Å². The average Bonchev–Trinajstić information content (AvgIpc) is 3.14. The molecule has 1 aliphatic carbocycles. The van der Waals surface area contributed by atoms with E-state index in [0.29, 0.717) is 6.42 Å². The number of rotatable bonds is 11. The molecule has 3 rings (SSSR count). The Morgan fingerprint density at radius 2 is 1.46 bits per heavy atom. The second-order valence-corrected chi connectivity index (χ2v) is 9.91. The number of fused-ring (bicyclic) bond motifs is 3. The minimum atomic E-state index is -0.730. The van der Waals surface area contributed by atoms with E-state index in [0.717, 1.165) is 11.1 Å². The molecule has 0 radical (unpaired) electrons. The highest BCUT2D eigenvalue weighted by Crippen LogP contribution is 2.44. The van der Waals surface area contributed by atoms with Gasteiger partial charge >= 0.3 is 11.9 Å². The van der Waals surface area contributed by atoms with Crippen molar-refractivity contribution >= 4 is 17.8 Å². The number of amides is 1. The zero-order valence-electron chi connectivity index (χ0n) is 21.4. The van der Waals surface area contributed by atoms with Crippen LogP contribution in [0.2, 0.25) is 0 Å². The maximum absolute atomic E-state index is 13.1. The minimum Gasteiger partial charge on any atom is -0.465 e. The predicted octanol–water partition coefficient (Wildman–Crippen LogP) is 5.10. The fraction of sp³-hybridized carbons (Fsp3) is 0.483. The van der Waals surface area contributed by atoms with Crippen molar-refractivity contribution in [1.29, 1.82) is 0 Å². The molecule has 0 bridgehead atoms. The van der Waals surface area contributed by atoms with Gasteiger partial charge < -0.3 is 14.8 Å². The lowest BCUT2D eigenvalue weighted by atomic mass is 9.91. The first kappa shape index (κ1) is 26.5. The number of carbonyl (C=O) groups excluding carboxylic acids is 3. The van der Waals surface area contributed by atoms with Crippen LogP contribution in [-0.4, -0.2) is 37.1 Å². The van der Waals surface area contributed by atoms with Gasteiger partial charge in [0.05, 0.1) is 18.9 Å². The number of ether oxygens (including phenoxy) is 2. The largest absolute Gasteiger partial charge is 0.465 e. The van der Waals surface area contributed by atoms with Crippen LogP contribution in [0.15, 0.2) is 48.5 Å². The maximum atomic E-state index is 13.1. The normalized spacial score (nSPS) is 14.3. The zero-order valence-corrected chi connectivity index (χ0v) is 21.4. The van der Waals surface area contributed by atoms with E-state index in [1.54, 1.807) is 6.92 Å². The quantitative estimate of drug-likeness (QED) is 0.454. The third kappa shape index (κ3) is 6.50. The molecule has 2 aromatic rings. The number of hydrogen-bond acceptors (Lipinski definition) is 5. The van der Waals surface area contributed by atoms with E-state index >= 15 is 0 Å². The summed E-state index contributed by atoms with van der Waals surface area (Å²) in [5, 5.41) is 2.82. The minimum absolute atomic E-state index is 0.0306. The van der Waals surface area contributed by atoms with E-state index in [-0.39, 0.29) is 43.3 Å². The fourth-order valence-electron chi connectivity index (χ4n) is 4.69. The molecule has 0 saturated heterocycles. The van der Waals surface area contributed by atoms with Crippen molar-refractivity contribution in [3.8, 4) is 11.1 Å². The lowest BCUT2D eigenvalue weighted by Crippen LogP contribution is -2.46. The molecular formula is C29H37NO5. The molecule has 6 heteroatoms. The van der Waals surface area contributed by atoms with Crippen LogP contribution in [0.4, 0.5) is 0 Å². The van der Waals surface area contributed by atoms with Crippen molar-refractivity contribution in [1.82, 2.24) is 5.32 Å². The predicted molar refractivity (Wildman–Crippen MR) is 136 cm³/mol. The topological polar surface area (TPSA) is 81.7 Å². The van der Waals surface area contributed by atoms with Gasteiger partial charge in [0.1, 0.15) is 12.6 Å². The van der Waals surface area contributed by atoms with Gasteiger partial charge in [-0.3, -0.25) is 9.59 Å². The summed E-state index contributed by atoms with van der Waals surface area (Å²) in [6, 6.07) is 15.6. The third-order valence-corrected chi connectivity index (χ3v) is 6.50. The molecule has 2 aromatic carbocycles. The number of esters is 2. The first-order valence-electron chi connectivity index (χ1n) is 12.5. The molecule has 0 aliphatic heterocycles. The molecule has 0 fully saturated rings. The van der Waals surface area contributed by atoms with Crippen LogP contribution in [0.5, 0.6) is 0 Å². The van der Waals surface area contributed by atoms with E-state index in [1.807, 2.05) is 52.0 Å². The van der Waals surface area contributed by atoms with E-state index in [2.05, 4.69) is 29.6 Å². The second-order valence-electron chi connectivity index (χ2n) is 9.91. The lowest BCUT2D eigenvalue weighted by molar-refractivity contribution is -0.150. The highest BCUT2D eigenvalue weighted by atomic mass is 16.5. The molecular weight excluding hydrogens is 442 g/mol. The van der Waals surface area contributed by atoms with E-state index in [1.165, 1.54) is 11.1 Å². The number of hydrogen-bond donors (Lipinski definition) is 1. The molecule has 6 nitrogen and oxygen atoms in total. The van der Waals surface area contributed by atoms with Gasteiger partial charge in [-0.25, -0.2) is 4.79 Å². The Morgan fingerprint density at radius 3 is 1.97 bits per heavy atom. The molecule has 0 unspecified atom stereocenters. The Labute approximate surface area is 208 Å². The fourth-order valence-corrected chi connectivity index (χ4v) is 4.69. The van der Waals surface area contributed by atoms with E-state index < -0.39 is 23.9 Å². The van der Waals surface area contributed by atoms with Gasteiger partial charge in [0.2, 0.25) is 5.91 Å². The maximum Gasteiger partial charge on any atom is 0.328 e. The Kier molecular flexibility index (Phi) is 9.07. The van der Waals surface area contributed by atoms with Crippen LogP contribution in [0.1, 0.15) is 64.5 Å². The van der Waals surface area contributed by atoms with Crippen molar-refractivity contribution in [2.75, 3.05) is 13.2 Å². The number of nitrogens with one attached hydrogen (secondary N) is 1. The monoisotopic (exact) mass is 479 g/mol. The Balaban J connectivity index is 1.65.